The zero-order valence-corrected chi connectivity index (χ0v) is 49.7. The van der Waals surface area contributed by atoms with Crippen molar-refractivity contribution in [2.45, 2.75) is 351 Å². The van der Waals surface area contributed by atoms with Crippen LogP contribution in [0.15, 0.2) is 48.6 Å². The number of carbonyl (C=O) groups is 1. The summed E-state index contributed by atoms with van der Waals surface area (Å²) in [5.41, 5.74) is 0. The van der Waals surface area contributed by atoms with Gasteiger partial charge in [0, 0.05) is 0 Å². The van der Waals surface area contributed by atoms with Gasteiger partial charge in [-0.05, 0) is 83.5 Å². The van der Waals surface area contributed by atoms with Crippen LogP contribution in [-0.4, -0.2) is 110 Å². The molecule has 0 spiro atoms. The summed E-state index contributed by atoms with van der Waals surface area (Å²) in [6.07, 6.45) is 59.4. The van der Waals surface area contributed by atoms with Crippen LogP contribution in [-0.2, 0) is 14.3 Å². The molecule has 0 aliphatic carbocycles. The summed E-state index contributed by atoms with van der Waals surface area (Å²) in [7, 11) is 0. The molecular formula is C66H123NO10. The number of allylic oxidation sites excluding steroid dienone is 8. The van der Waals surface area contributed by atoms with Crippen LogP contribution < -0.4 is 5.32 Å². The maximum Gasteiger partial charge on any atom is 0.249 e. The molecule has 1 aliphatic heterocycles. The standard InChI is InChI=1S/C66H123NO10/c1-3-5-7-9-11-13-15-17-18-19-20-21-22-23-24-25-26-27-28-29-30-31-32-33-34-35-36-37-38-39-40-41-42-44-46-48-50-52-54-59(70)65(75)67-57(56-76-66-64(74)63(73)62(72)60(55-68)77-66)61(71)58(69)53-51-49-47-45-43-16-14-12-10-8-6-4-2/h12,14,26-27,29-30,45,47,57-64,66,68-74H,3-11,13,15-25,28,31-44,46,48-56H2,1-2H3,(H,67,75)/b14-12+,27-26-,30-29-,47-45+. The number of unbranched alkanes of at least 4 members (excludes halogenated alkanes) is 36. The van der Waals surface area contributed by atoms with Crippen molar-refractivity contribution >= 4 is 5.91 Å². The van der Waals surface area contributed by atoms with E-state index < -0.39 is 74.2 Å². The van der Waals surface area contributed by atoms with Crippen LogP contribution >= 0.6 is 0 Å². The first kappa shape index (κ1) is 73.1. The molecule has 0 aromatic carbocycles. The first-order valence-electron chi connectivity index (χ1n) is 32.5. The lowest BCUT2D eigenvalue weighted by molar-refractivity contribution is -0.303. The molecule has 1 aliphatic rings. The molecule has 1 heterocycles. The second kappa shape index (κ2) is 54.6. The Bertz CT molecular complexity index is 1390. The molecule has 9 atom stereocenters. The first-order valence-corrected chi connectivity index (χ1v) is 32.5. The van der Waals surface area contributed by atoms with Gasteiger partial charge in [0.2, 0.25) is 5.91 Å². The van der Waals surface area contributed by atoms with Gasteiger partial charge in [-0.25, -0.2) is 0 Å². The average molecular weight is 1090 g/mol. The van der Waals surface area contributed by atoms with Gasteiger partial charge in [-0.2, -0.15) is 0 Å². The van der Waals surface area contributed by atoms with Crippen molar-refractivity contribution < 1.29 is 50.0 Å². The Hall–Kier alpha value is -1.93. The van der Waals surface area contributed by atoms with Crippen LogP contribution in [0.2, 0.25) is 0 Å². The molecule has 1 saturated heterocycles. The van der Waals surface area contributed by atoms with Gasteiger partial charge >= 0.3 is 0 Å². The van der Waals surface area contributed by atoms with Crippen LogP contribution in [0, 0.1) is 0 Å². The van der Waals surface area contributed by atoms with Crippen molar-refractivity contribution in [3.63, 3.8) is 0 Å². The highest BCUT2D eigenvalue weighted by molar-refractivity contribution is 5.80. The third-order valence-corrected chi connectivity index (χ3v) is 15.6. The molecular weight excluding hydrogens is 967 g/mol. The summed E-state index contributed by atoms with van der Waals surface area (Å²) in [6.45, 7) is 3.41. The number of aliphatic hydroxyl groups excluding tert-OH is 7. The number of aliphatic hydroxyl groups is 7. The number of nitrogens with one attached hydrogen (secondary N) is 1. The minimum Gasteiger partial charge on any atom is -0.394 e. The fourth-order valence-corrected chi connectivity index (χ4v) is 10.3. The van der Waals surface area contributed by atoms with Gasteiger partial charge < -0.3 is 50.5 Å². The molecule has 11 heteroatoms. The highest BCUT2D eigenvalue weighted by Crippen LogP contribution is 2.23. The SMILES string of the molecule is CCCCC/C=C/CC/C=C/CCCC(O)C(O)C(COC1OC(CO)C(O)C(O)C1O)NC(=O)C(O)CCCCCCCCCCCCCCCCCC/C=C\C/C=C\CCCCCCCCCCCCCCCCC. The Morgan fingerprint density at radius 1 is 0.455 bits per heavy atom. The topological polar surface area (TPSA) is 189 Å². The Balaban J connectivity index is 2.12. The van der Waals surface area contributed by atoms with Gasteiger partial charge in [-0.1, -0.05) is 262 Å². The minimum absolute atomic E-state index is 0.245. The third kappa shape index (κ3) is 42.6. The Labute approximate surface area is 472 Å². The number of ether oxygens (including phenoxy) is 2. The zero-order valence-electron chi connectivity index (χ0n) is 49.7. The molecule has 0 aromatic rings. The van der Waals surface area contributed by atoms with Gasteiger partial charge in [-0.15, -0.1) is 0 Å². The zero-order chi connectivity index (χ0) is 56.1. The quantitative estimate of drug-likeness (QED) is 0.0215. The largest absolute Gasteiger partial charge is 0.394 e. The molecule has 452 valence electrons. The monoisotopic (exact) mass is 1090 g/mol. The van der Waals surface area contributed by atoms with Crippen molar-refractivity contribution in [2.75, 3.05) is 13.2 Å². The molecule has 8 N–H and O–H groups in total. The van der Waals surface area contributed by atoms with Crippen molar-refractivity contribution in [3.05, 3.63) is 48.6 Å². The normalized spacial score (nSPS) is 19.8. The van der Waals surface area contributed by atoms with E-state index in [1.54, 1.807) is 0 Å². The van der Waals surface area contributed by atoms with E-state index in [2.05, 4.69) is 67.8 Å². The first-order chi connectivity index (χ1) is 37.7. The van der Waals surface area contributed by atoms with Crippen molar-refractivity contribution in [2.24, 2.45) is 0 Å². The van der Waals surface area contributed by atoms with Gasteiger partial charge in [0.15, 0.2) is 6.29 Å². The highest BCUT2D eigenvalue weighted by atomic mass is 16.7. The predicted molar refractivity (Wildman–Crippen MR) is 321 cm³/mol. The van der Waals surface area contributed by atoms with Crippen LogP contribution in [0.5, 0.6) is 0 Å². The Morgan fingerprint density at radius 2 is 0.818 bits per heavy atom. The number of hydrogen-bond donors (Lipinski definition) is 8. The van der Waals surface area contributed by atoms with E-state index in [1.807, 2.05) is 0 Å². The van der Waals surface area contributed by atoms with E-state index in [0.29, 0.717) is 19.3 Å². The van der Waals surface area contributed by atoms with Crippen LogP contribution in [0.25, 0.3) is 0 Å². The third-order valence-electron chi connectivity index (χ3n) is 15.6. The number of hydrogen-bond acceptors (Lipinski definition) is 10. The van der Waals surface area contributed by atoms with Gasteiger partial charge in [0.25, 0.3) is 0 Å². The summed E-state index contributed by atoms with van der Waals surface area (Å²) < 4.78 is 11.1. The number of amides is 1. The smallest absolute Gasteiger partial charge is 0.249 e. The van der Waals surface area contributed by atoms with E-state index in [0.717, 1.165) is 44.9 Å². The van der Waals surface area contributed by atoms with E-state index in [9.17, 15) is 40.5 Å². The van der Waals surface area contributed by atoms with Crippen LogP contribution in [0.4, 0.5) is 0 Å². The highest BCUT2D eigenvalue weighted by Gasteiger charge is 2.44. The summed E-state index contributed by atoms with van der Waals surface area (Å²) in [5, 5.41) is 76.0. The lowest BCUT2D eigenvalue weighted by atomic mass is 9.98. The lowest BCUT2D eigenvalue weighted by Gasteiger charge is -2.40. The molecule has 77 heavy (non-hydrogen) atoms. The molecule has 1 rings (SSSR count). The van der Waals surface area contributed by atoms with E-state index >= 15 is 0 Å². The van der Waals surface area contributed by atoms with Gasteiger partial charge in [0.05, 0.1) is 25.4 Å². The maximum absolute atomic E-state index is 13.2. The number of rotatable bonds is 56. The minimum atomic E-state index is -1.67. The average Bonchev–Trinajstić information content (AvgIpc) is 3.43. The van der Waals surface area contributed by atoms with Gasteiger partial charge in [0.1, 0.15) is 36.6 Å². The van der Waals surface area contributed by atoms with Gasteiger partial charge in [-0.3, -0.25) is 4.79 Å². The molecule has 0 bridgehead atoms. The molecule has 1 amide bonds. The summed E-state index contributed by atoms with van der Waals surface area (Å²) in [4.78, 5) is 13.2. The van der Waals surface area contributed by atoms with E-state index in [-0.39, 0.29) is 12.8 Å². The maximum atomic E-state index is 13.2. The van der Waals surface area contributed by atoms with Crippen LogP contribution in [0.3, 0.4) is 0 Å². The summed E-state index contributed by atoms with van der Waals surface area (Å²) in [5.74, 6) is -0.710. The van der Waals surface area contributed by atoms with Crippen molar-refractivity contribution in [3.8, 4) is 0 Å². The summed E-state index contributed by atoms with van der Waals surface area (Å²) in [6, 6.07) is -1.19. The van der Waals surface area contributed by atoms with E-state index in [4.69, 9.17) is 9.47 Å². The molecule has 1 fully saturated rings. The molecule has 0 saturated carbocycles. The molecule has 11 nitrogen and oxygen atoms in total. The number of carbonyl (C=O) groups excluding carboxylic acids is 1. The Kier molecular flexibility index (Phi) is 51.9. The molecule has 0 aromatic heterocycles. The van der Waals surface area contributed by atoms with Crippen LogP contribution in [0.1, 0.15) is 296 Å². The Morgan fingerprint density at radius 3 is 1.26 bits per heavy atom. The summed E-state index contributed by atoms with van der Waals surface area (Å²) >= 11 is 0. The fraction of sp³-hybridized carbons (Fsp3) is 0.864. The molecule has 0 radical (unpaired) electrons. The molecule has 9 unspecified atom stereocenters. The lowest BCUT2D eigenvalue weighted by Crippen LogP contribution is -2.60. The second-order valence-electron chi connectivity index (χ2n) is 22.8. The van der Waals surface area contributed by atoms with Crippen molar-refractivity contribution in [1.82, 2.24) is 5.32 Å². The second-order valence-corrected chi connectivity index (χ2v) is 22.8. The fourth-order valence-electron chi connectivity index (χ4n) is 10.3. The van der Waals surface area contributed by atoms with Crippen molar-refractivity contribution in [1.29, 1.82) is 0 Å². The van der Waals surface area contributed by atoms with E-state index in [1.165, 1.54) is 205 Å². The predicted octanol–water partition coefficient (Wildman–Crippen LogP) is 14.8.